The van der Waals surface area contributed by atoms with E-state index < -0.39 is 0 Å². The van der Waals surface area contributed by atoms with E-state index in [-0.39, 0.29) is 66.6 Å². The van der Waals surface area contributed by atoms with Gasteiger partial charge in [0.25, 0.3) is 0 Å². The summed E-state index contributed by atoms with van der Waals surface area (Å²) < 4.78 is 0. The van der Waals surface area contributed by atoms with E-state index in [0.29, 0.717) is 0 Å². The van der Waals surface area contributed by atoms with Crippen LogP contribution in [-0.2, 0) is 27.3 Å². The molecular formula is CdGaInSSe. The van der Waals surface area contributed by atoms with Crippen LogP contribution in [0.5, 0.6) is 0 Å². The molecule has 20 valence electrons. The van der Waals surface area contributed by atoms with E-state index in [9.17, 15) is 0 Å². The van der Waals surface area contributed by atoms with Gasteiger partial charge in [-0.1, -0.05) is 0 Å². The maximum absolute atomic E-state index is 2.69. The van der Waals surface area contributed by atoms with Crippen LogP contribution < -0.4 is 0 Å². The van der Waals surface area contributed by atoms with E-state index in [1.165, 1.54) is 0 Å². The second kappa shape index (κ2) is 26.6. The summed E-state index contributed by atoms with van der Waals surface area (Å²) in [4.78, 5) is 0. The Kier molecular flexibility index (Phi) is 127. The Hall–Kier alpha value is 3.30. The van der Waals surface area contributed by atoms with Crippen molar-refractivity contribution in [1.29, 1.82) is 0 Å². The molecule has 0 unspecified atom stereocenters. The van der Waals surface area contributed by atoms with Crippen LogP contribution in [0.1, 0.15) is 0 Å². The summed E-state index contributed by atoms with van der Waals surface area (Å²) >= 11 is 4.25. The van der Waals surface area contributed by atoms with Crippen molar-refractivity contribution in [2.75, 3.05) is 0 Å². The number of hydrogen-bond acceptors (Lipinski definition) is 0. The Morgan fingerprint density at radius 1 is 1.20 bits per heavy atom. The molecule has 0 aliphatic carbocycles. The Morgan fingerprint density at radius 2 is 1.20 bits per heavy atom. The van der Waals surface area contributed by atoms with Gasteiger partial charge in [-0.3, -0.25) is 0 Å². The third-order valence-electron chi connectivity index (χ3n) is 0. The van der Waals surface area contributed by atoms with Crippen molar-refractivity contribution in [1.82, 2.24) is 0 Å². The molecule has 0 aromatic rings. The van der Waals surface area contributed by atoms with Gasteiger partial charge in [0.2, 0.25) is 0 Å². The fourth-order valence-electron chi connectivity index (χ4n) is 0. The molecule has 0 atom stereocenters. The minimum atomic E-state index is 0. The average molecular weight is 408 g/mol. The van der Waals surface area contributed by atoms with Crippen molar-refractivity contribution in [3.8, 4) is 0 Å². The van der Waals surface area contributed by atoms with Gasteiger partial charge in [-0.15, -0.1) is 0 Å². The van der Waals surface area contributed by atoms with Gasteiger partial charge in [0, 0.05) is 66.6 Å². The van der Waals surface area contributed by atoms with E-state index in [1.807, 2.05) is 0 Å². The standard InChI is InChI=1S/Cd.Ga.In.S.Se. The van der Waals surface area contributed by atoms with Crippen LogP contribution in [0.2, 0.25) is 0 Å². The monoisotopic (exact) mass is 410 g/mol. The molecule has 5 heteroatoms. The minimum Gasteiger partial charge on any atom is 0 e. The predicted molar refractivity (Wildman–Crippen MR) is 24.9 cm³/mol. The van der Waals surface area contributed by atoms with Gasteiger partial charge < -0.3 is 0 Å². The largest absolute Gasteiger partial charge is 0 e. The van der Waals surface area contributed by atoms with E-state index in [1.54, 1.807) is 16.0 Å². The first kappa shape index (κ1) is 23.9. The molecule has 0 fully saturated rings. The van der Waals surface area contributed by atoms with Crippen LogP contribution in [0.15, 0.2) is 0 Å². The summed E-state index contributed by atoms with van der Waals surface area (Å²) in [6.07, 6.45) is 0. The number of hydrogen-bond donors (Lipinski definition) is 0. The molecule has 0 amide bonds. The molecule has 0 heterocycles. The van der Waals surface area contributed by atoms with Crippen molar-refractivity contribution in [2.24, 2.45) is 0 Å². The summed E-state index contributed by atoms with van der Waals surface area (Å²) in [5.41, 5.74) is 0. The molecule has 0 nitrogen and oxygen atoms in total. The molecule has 0 aromatic heterocycles. The Labute approximate surface area is 93.8 Å². The summed E-state index contributed by atoms with van der Waals surface area (Å²) in [5.74, 6) is 0. The zero-order valence-corrected chi connectivity index (χ0v) is 15.0. The van der Waals surface area contributed by atoms with Crippen LogP contribution in [0.3, 0.4) is 0 Å². The van der Waals surface area contributed by atoms with Gasteiger partial charge in [-0.05, 0) is 0 Å². The number of rotatable bonds is 0. The fourth-order valence-corrected chi connectivity index (χ4v) is 0. The van der Waals surface area contributed by atoms with Crippen molar-refractivity contribution in [2.45, 2.75) is 0 Å². The van der Waals surface area contributed by atoms with Crippen molar-refractivity contribution in [3.05, 3.63) is 0 Å². The molecule has 0 rings (SSSR count). The second-order valence-electron chi connectivity index (χ2n) is 0. The van der Waals surface area contributed by atoms with Gasteiger partial charge in [-0.25, -0.2) is 0 Å². The topological polar surface area (TPSA) is 0 Å². The quantitative estimate of drug-likeness (QED) is 0.475. The van der Waals surface area contributed by atoms with E-state index in [0.717, 1.165) is 0 Å². The summed E-state index contributed by atoms with van der Waals surface area (Å²) in [6.45, 7) is 0. The Balaban J connectivity index is -0.00000000167. The summed E-state index contributed by atoms with van der Waals surface area (Å²) in [5, 5.41) is 0. The Morgan fingerprint density at radius 3 is 1.20 bits per heavy atom. The van der Waals surface area contributed by atoms with Crippen molar-refractivity contribution >= 4 is 68.5 Å². The van der Waals surface area contributed by atoms with Gasteiger partial charge in [-0.2, -0.15) is 0 Å². The average Bonchev–Trinajstić information content (AvgIpc) is 1.00. The van der Waals surface area contributed by atoms with Gasteiger partial charge in [0.1, 0.15) is 0 Å². The SMILES string of the molecule is [Cd].[Ga]=[Se].[In].[S]. The van der Waals surface area contributed by atoms with Gasteiger partial charge in [0.15, 0.2) is 0 Å². The first-order valence-corrected chi connectivity index (χ1v) is 6.36. The van der Waals surface area contributed by atoms with Crippen LogP contribution >= 0.6 is 13.5 Å². The fraction of sp³-hybridized carbons (Fsp3) is 0. The summed E-state index contributed by atoms with van der Waals surface area (Å²) in [7, 11) is 0. The molecule has 0 N–H and O–H groups in total. The molecule has 6 radical (unpaired) electrons. The van der Waals surface area contributed by atoms with Gasteiger partial charge in [0.05, 0.1) is 0 Å². The first-order chi connectivity index (χ1) is 1.00. The zero-order valence-electron chi connectivity index (χ0n) is 2.68. The molecule has 0 saturated carbocycles. The van der Waals surface area contributed by atoms with Crippen LogP contribution in [0, 0.1) is 0 Å². The molecule has 0 spiro atoms. The van der Waals surface area contributed by atoms with Crippen molar-refractivity contribution in [3.63, 3.8) is 0 Å². The summed E-state index contributed by atoms with van der Waals surface area (Å²) in [6, 6.07) is 0. The molecule has 0 aromatic carbocycles. The van der Waals surface area contributed by atoms with Crippen LogP contribution in [-0.4, -0.2) is 55.0 Å². The third-order valence-corrected chi connectivity index (χ3v) is 0. The molecule has 0 bridgehead atoms. The normalized spacial score (nSPS) is 0.600. The third kappa shape index (κ3) is 18.8. The van der Waals surface area contributed by atoms with E-state index >= 15 is 0 Å². The second-order valence-corrected chi connectivity index (χ2v) is 0. The predicted octanol–water partition coefficient (Wildman–Crippen LogP) is -0.497. The Bertz CT molecular complexity index is 11.6. The van der Waals surface area contributed by atoms with Gasteiger partial charge >= 0.3 is 29.1 Å². The van der Waals surface area contributed by atoms with Crippen LogP contribution in [0.25, 0.3) is 0 Å². The van der Waals surface area contributed by atoms with E-state index in [4.69, 9.17) is 0 Å². The molecule has 5 heavy (non-hydrogen) atoms. The molecular weight excluding hydrogens is 408 g/mol. The zero-order chi connectivity index (χ0) is 2.00. The molecule has 0 aliphatic heterocycles. The first-order valence-electron chi connectivity index (χ1n) is 0.236. The molecule has 0 aliphatic rings. The van der Waals surface area contributed by atoms with Crippen molar-refractivity contribution < 1.29 is 27.3 Å². The smallest absolute Gasteiger partial charge is 0 e. The maximum Gasteiger partial charge on any atom is 0 e. The minimum absolute atomic E-state index is 0. The maximum atomic E-state index is 2.69. The van der Waals surface area contributed by atoms with E-state index in [2.05, 4.69) is 13.1 Å². The van der Waals surface area contributed by atoms with Crippen LogP contribution in [0.4, 0.5) is 0 Å². The molecule has 0 saturated heterocycles.